The number of ether oxygens (including phenoxy) is 3. The van der Waals surface area contributed by atoms with Crippen LogP contribution in [0.25, 0.3) is 0 Å². The highest BCUT2D eigenvalue weighted by molar-refractivity contribution is 5.68. The summed E-state index contributed by atoms with van der Waals surface area (Å²) in [5, 5.41) is 0. The largest absolute Gasteiger partial charge is 0.480 e. The first-order chi connectivity index (χ1) is 11.9. The molecule has 0 bridgehead atoms. The molecule has 1 aromatic rings. The highest BCUT2D eigenvalue weighted by Crippen LogP contribution is 2.22. The number of hydrogen-bond donors (Lipinski definition) is 0. The fourth-order valence-corrected chi connectivity index (χ4v) is 2.84. The normalized spacial score (nSPS) is 18.1. The van der Waals surface area contributed by atoms with Gasteiger partial charge in [-0.15, -0.1) is 0 Å². The maximum atomic E-state index is 12.2. The minimum Gasteiger partial charge on any atom is -0.480 e. The molecule has 1 amide bonds. The zero-order chi connectivity index (χ0) is 18.3. The summed E-state index contributed by atoms with van der Waals surface area (Å²) in [7, 11) is 1.57. The summed E-state index contributed by atoms with van der Waals surface area (Å²) in [4.78, 5) is 22.3. The van der Waals surface area contributed by atoms with E-state index in [1.165, 1.54) is 0 Å². The molecule has 0 spiro atoms. The molecule has 2 heterocycles. The van der Waals surface area contributed by atoms with Crippen LogP contribution in [0.1, 0.15) is 45.7 Å². The van der Waals surface area contributed by atoms with E-state index in [-0.39, 0.29) is 6.09 Å². The van der Waals surface area contributed by atoms with Crippen LogP contribution in [-0.2, 0) is 16.1 Å². The molecule has 140 valence electrons. The van der Waals surface area contributed by atoms with Gasteiger partial charge in [0.05, 0.1) is 13.7 Å². The SMILES string of the molecule is COc1nccnc1COCC[C@@H]1CCCN(C(=O)OC(C)(C)C)C1. The quantitative estimate of drug-likeness (QED) is 0.734. The highest BCUT2D eigenvalue weighted by atomic mass is 16.6. The molecule has 7 nitrogen and oxygen atoms in total. The van der Waals surface area contributed by atoms with Gasteiger partial charge in [-0.25, -0.2) is 9.78 Å². The van der Waals surface area contributed by atoms with Crippen molar-refractivity contribution in [2.75, 3.05) is 26.8 Å². The summed E-state index contributed by atoms with van der Waals surface area (Å²) < 4.78 is 16.3. The molecule has 1 saturated heterocycles. The van der Waals surface area contributed by atoms with E-state index >= 15 is 0 Å². The molecule has 1 aliphatic rings. The number of piperidine rings is 1. The summed E-state index contributed by atoms with van der Waals surface area (Å²) in [5.41, 5.74) is 0.243. The molecule has 1 aromatic heterocycles. The van der Waals surface area contributed by atoms with E-state index in [2.05, 4.69) is 9.97 Å². The Kier molecular flexibility index (Phi) is 6.99. The fraction of sp³-hybridized carbons (Fsp3) is 0.722. The molecular formula is C18H29N3O4. The number of likely N-dealkylation sites (tertiary alicyclic amines) is 1. The van der Waals surface area contributed by atoms with Gasteiger partial charge in [-0.3, -0.25) is 4.98 Å². The van der Waals surface area contributed by atoms with Gasteiger partial charge in [-0.2, -0.15) is 0 Å². The van der Waals surface area contributed by atoms with Crippen LogP contribution in [0.3, 0.4) is 0 Å². The molecule has 1 fully saturated rings. The van der Waals surface area contributed by atoms with Crippen molar-refractivity contribution in [3.05, 3.63) is 18.1 Å². The van der Waals surface area contributed by atoms with Crippen molar-refractivity contribution in [3.8, 4) is 5.88 Å². The maximum Gasteiger partial charge on any atom is 0.410 e. The molecule has 0 N–H and O–H groups in total. The lowest BCUT2D eigenvalue weighted by atomic mass is 9.95. The number of hydrogen-bond acceptors (Lipinski definition) is 6. The van der Waals surface area contributed by atoms with Crippen molar-refractivity contribution in [1.82, 2.24) is 14.9 Å². The number of amides is 1. The van der Waals surface area contributed by atoms with Gasteiger partial charge in [0.15, 0.2) is 0 Å². The first kappa shape index (κ1) is 19.4. The van der Waals surface area contributed by atoms with Gasteiger partial charge in [0, 0.05) is 32.1 Å². The number of aromatic nitrogens is 2. The fourth-order valence-electron chi connectivity index (χ4n) is 2.84. The Hall–Kier alpha value is -1.89. The van der Waals surface area contributed by atoms with Crippen molar-refractivity contribution in [2.45, 2.75) is 52.2 Å². The Morgan fingerprint density at radius 1 is 1.32 bits per heavy atom. The topological polar surface area (TPSA) is 73.8 Å². The van der Waals surface area contributed by atoms with Crippen LogP contribution in [0.4, 0.5) is 4.79 Å². The van der Waals surface area contributed by atoms with Gasteiger partial charge in [-0.05, 0) is 46.0 Å². The van der Waals surface area contributed by atoms with E-state index in [0.717, 1.165) is 32.4 Å². The van der Waals surface area contributed by atoms with E-state index in [1.54, 1.807) is 19.5 Å². The molecule has 25 heavy (non-hydrogen) atoms. The van der Waals surface area contributed by atoms with Gasteiger partial charge < -0.3 is 19.1 Å². The van der Waals surface area contributed by atoms with Crippen molar-refractivity contribution in [2.24, 2.45) is 5.92 Å². The standard InChI is InChI=1S/C18H29N3O4/c1-18(2,3)25-17(22)21-10-5-6-14(12-21)7-11-24-13-15-16(23-4)20-9-8-19-15/h8-9,14H,5-7,10-13H2,1-4H3/t14-/m0/s1. The van der Waals surface area contributed by atoms with Crippen molar-refractivity contribution in [3.63, 3.8) is 0 Å². The number of nitrogens with zero attached hydrogens (tertiary/aromatic N) is 3. The van der Waals surface area contributed by atoms with Crippen LogP contribution < -0.4 is 4.74 Å². The van der Waals surface area contributed by atoms with Crippen LogP contribution in [0.5, 0.6) is 5.88 Å². The third kappa shape index (κ3) is 6.49. The minimum atomic E-state index is -0.455. The number of rotatable bonds is 6. The van der Waals surface area contributed by atoms with E-state index in [9.17, 15) is 4.79 Å². The third-order valence-corrected chi connectivity index (χ3v) is 4.01. The number of methoxy groups -OCH3 is 1. The van der Waals surface area contributed by atoms with Crippen LogP contribution in [0.15, 0.2) is 12.4 Å². The molecule has 1 atom stereocenters. The Morgan fingerprint density at radius 3 is 2.80 bits per heavy atom. The molecule has 0 radical (unpaired) electrons. The van der Waals surface area contributed by atoms with Crippen LogP contribution in [-0.4, -0.2) is 53.4 Å². The Labute approximate surface area is 149 Å². The summed E-state index contributed by atoms with van der Waals surface area (Å²) in [6.07, 6.45) is 6.01. The van der Waals surface area contributed by atoms with Gasteiger partial charge in [0.2, 0.25) is 5.88 Å². The van der Waals surface area contributed by atoms with E-state index in [1.807, 2.05) is 25.7 Å². The summed E-state index contributed by atoms with van der Waals surface area (Å²) in [6.45, 7) is 8.16. The van der Waals surface area contributed by atoms with Gasteiger partial charge in [-0.1, -0.05) is 0 Å². The Bertz CT molecular complexity index is 559. The highest BCUT2D eigenvalue weighted by Gasteiger charge is 2.27. The molecule has 0 saturated carbocycles. The molecule has 2 rings (SSSR count). The molecule has 1 aliphatic heterocycles. The number of carbonyl (C=O) groups is 1. The predicted octanol–water partition coefficient (Wildman–Crippen LogP) is 3.04. The molecule has 7 heteroatoms. The zero-order valence-corrected chi connectivity index (χ0v) is 15.7. The monoisotopic (exact) mass is 351 g/mol. The second-order valence-electron chi connectivity index (χ2n) is 7.29. The average molecular weight is 351 g/mol. The average Bonchev–Trinajstić information content (AvgIpc) is 2.58. The Morgan fingerprint density at radius 2 is 2.08 bits per heavy atom. The maximum absolute atomic E-state index is 12.2. The predicted molar refractivity (Wildman–Crippen MR) is 93.4 cm³/mol. The molecule has 0 unspecified atom stereocenters. The van der Waals surface area contributed by atoms with E-state index in [4.69, 9.17) is 14.2 Å². The molecule has 0 aliphatic carbocycles. The van der Waals surface area contributed by atoms with E-state index < -0.39 is 5.60 Å². The van der Waals surface area contributed by atoms with E-state index in [0.29, 0.717) is 30.7 Å². The minimum absolute atomic E-state index is 0.220. The van der Waals surface area contributed by atoms with Crippen LogP contribution >= 0.6 is 0 Å². The number of carbonyl (C=O) groups excluding carboxylic acids is 1. The summed E-state index contributed by atoms with van der Waals surface area (Å²) in [5.74, 6) is 0.932. The van der Waals surface area contributed by atoms with Crippen molar-refractivity contribution >= 4 is 6.09 Å². The first-order valence-electron chi connectivity index (χ1n) is 8.78. The van der Waals surface area contributed by atoms with Gasteiger partial charge in [0.25, 0.3) is 0 Å². The third-order valence-electron chi connectivity index (χ3n) is 4.01. The summed E-state index contributed by atoms with van der Waals surface area (Å²) in [6, 6.07) is 0. The van der Waals surface area contributed by atoms with Gasteiger partial charge in [0.1, 0.15) is 11.3 Å². The lowest BCUT2D eigenvalue weighted by molar-refractivity contribution is 0.0134. The lowest BCUT2D eigenvalue weighted by Crippen LogP contribution is -2.43. The van der Waals surface area contributed by atoms with Crippen molar-refractivity contribution in [1.29, 1.82) is 0 Å². The smallest absolute Gasteiger partial charge is 0.410 e. The Balaban J connectivity index is 1.73. The first-order valence-corrected chi connectivity index (χ1v) is 8.78. The second kappa shape index (κ2) is 8.99. The zero-order valence-electron chi connectivity index (χ0n) is 15.7. The van der Waals surface area contributed by atoms with Gasteiger partial charge >= 0.3 is 6.09 Å². The molecular weight excluding hydrogens is 322 g/mol. The second-order valence-corrected chi connectivity index (χ2v) is 7.29. The lowest BCUT2D eigenvalue weighted by Gasteiger charge is -2.34. The summed E-state index contributed by atoms with van der Waals surface area (Å²) >= 11 is 0. The molecule has 0 aromatic carbocycles. The van der Waals surface area contributed by atoms with Crippen molar-refractivity contribution < 1.29 is 19.0 Å². The van der Waals surface area contributed by atoms with Crippen LogP contribution in [0, 0.1) is 5.92 Å². The van der Waals surface area contributed by atoms with Crippen LogP contribution in [0.2, 0.25) is 0 Å².